The molecule has 0 fully saturated rings. The zero-order valence-corrected chi connectivity index (χ0v) is 12.5. The predicted molar refractivity (Wildman–Crippen MR) is 81.3 cm³/mol. The van der Waals surface area contributed by atoms with Gasteiger partial charge in [0.1, 0.15) is 0 Å². The van der Waals surface area contributed by atoms with Gasteiger partial charge in [-0.3, -0.25) is 0 Å². The van der Waals surface area contributed by atoms with Gasteiger partial charge >= 0.3 is 0 Å². The number of anilines is 1. The molecule has 0 aliphatic heterocycles. The van der Waals surface area contributed by atoms with Crippen LogP contribution in [0.2, 0.25) is 5.02 Å². The monoisotopic (exact) mass is 310 g/mol. The van der Waals surface area contributed by atoms with Crippen molar-refractivity contribution in [1.29, 1.82) is 0 Å². The Balaban J connectivity index is 2.19. The lowest BCUT2D eigenvalue weighted by Gasteiger charge is -2.10. The number of benzene rings is 2. The standard InChI is InChI=1S/C14H15ClN2O2S/c1-10-2-4-11(5-3-10)9-17-14-8-12(20(16,18)19)6-7-13(14)15/h2-8,17H,9H2,1H3,(H2,16,18,19). The quantitative estimate of drug-likeness (QED) is 0.912. The molecule has 0 unspecified atom stereocenters. The first-order valence-electron chi connectivity index (χ1n) is 5.98. The molecule has 0 radical (unpaired) electrons. The second kappa shape index (κ2) is 5.83. The molecule has 0 saturated heterocycles. The Morgan fingerprint density at radius 1 is 1.15 bits per heavy atom. The lowest BCUT2D eigenvalue weighted by molar-refractivity contribution is 0.598. The van der Waals surface area contributed by atoms with Crippen LogP contribution >= 0.6 is 11.6 Å². The molecule has 6 heteroatoms. The fourth-order valence-corrected chi connectivity index (χ4v) is 2.44. The molecule has 2 aromatic rings. The van der Waals surface area contributed by atoms with Gasteiger partial charge in [0.2, 0.25) is 10.0 Å². The zero-order valence-electron chi connectivity index (χ0n) is 10.9. The van der Waals surface area contributed by atoms with E-state index < -0.39 is 10.0 Å². The van der Waals surface area contributed by atoms with Crippen LogP contribution in [0.1, 0.15) is 11.1 Å². The van der Waals surface area contributed by atoms with Crippen molar-refractivity contribution in [1.82, 2.24) is 0 Å². The van der Waals surface area contributed by atoms with Crippen molar-refractivity contribution in [2.75, 3.05) is 5.32 Å². The Hall–Kier alpha value is -1.56. The molecule has 0 spiro atoms. The van der Waals surface area contributed by atoms with Gasteiger partial charge in [-0.1, -0.05) is 41.4 Å². The van der Waals surface area contributed by atoms with Crippen LogP contribution < -0.4 is 10.5 Å². The molecular formula is C14H15ClN2O2S. The number of hydrogen-bond acceptors (Lipinski definition) is 3. The summed E-state index contributed by atoms with van der Waals surface area (Å²) >= 11 is 6.04. The number of nitrogens with two attached hydrogens (primary N) is 1. The maximum atomic E-state index is 11.3. The minimum atomic E-state index is -3.73. The van der Waals surface area contributed by atoms with Crippen LogP contribution in [0.15, 0.2) is 47.4 Å². The summed E-state index contributed by atoms with van der Waals surface area (Å²) in [7, 11) is -3.73. The van der Waals surface area contributed by atoms with Crippen LogP contribution in [0.5, 0.6) is 0 Å². The van der Waals surface area contributed by atoms with Crippen molar-refractivity contribution in [2.24, 2.45) is 5.14 Å². The van der Waals surface area contributed by atoms with E-state index >= 15 is 0 Å². The largest absolute Gasteiger partial charge is 0.380 e. The van der Waals surface area contributed by atoms with Gasteiger partial charge in [-0.05, 0) is 30.7 Å². The van der Waals surface area contributed by atoms with E-state index in [-0.39, 0.29) is 4.90 Å². The lowest BCUT2D eigenvalue weighted by Crippen LogP contribution is -2.12. The van der Waals surface area contributed by atoms with E-state index in [1.165, 1.54) is 23.8 Å². The van der Waals surface area contributed by atoms with Crippen molar-refractivity contribution in [3.05, 3.63) is 58.6 Å². The summed E-state index contributed by atoms with van der Waals surface area (Å²) in [4.78, 5) is 0.0355. The third kappa shape index (κ3) is 3.72. The molecule has 0 atom stereocenters. The van der Waals surface area contributed by atoms with E-state index in [2.05, 4.69) is 5.32 Å². The first kappa shape index (κ1) is 14.8. The van der Waals surface area contributed by atoms with Crippen LogP contribution in [-0.2, 0) is 16.6 Å². The highest BCUT2D eigenvalue weighted by molar-refractivity contribution is 7.89. The van der Waals surface area contributed by atoms with Gasteiger partial charge in [0.15, 0.2) is 0 Å². The summed E-state index contributed by atoms with van der Waals surface area (Å²) in [5.74, 6) is 0. The highest BCUT2D eigenvalue weighted by Crippen LogP contribution is 2.25. The molecule has 2 aromatic carbocycles. The van der Waals surface area contributed by atoms with E-state index in [1.807, 2.05) is 31.2 Å². The summed E-state index contributed by atoms with van der Waals surface area (Å²) in [5.41, 5.74) is 2.80. The third-order valence-electron chi connectivity index (χ3n) is 2.87. The average molecular weight is 311 g/mol. The summed E-state index contributed by atoms with van der Waals surface area (Å²) in [6.07, 6.45) is 0. The van der Waals surface area contributed by atoms with Gasteiger partial charge in [0, 0.05) is 6.54 Å². The maximum Gasteiger partial charge on any atom is 0.238 e. The molecule has 0 amide bonds. The normalized spacial score (nSPS) is 11.3. The fourth-order valence-electron chi connectivity index (χ4n) is 1.72. The first-order chi connectivity index (χ1) is 9.36. The molecule has 0 bridgehead atoms. The van der Waals surface area contributed by atoms with Crippen molar-refractivity contribution in [3.8, 4) is 0 Å². The summed E-state index contributed by atoms with van der Waals surface area (Å²) < 4.78 is 22.6. The minimum absolute atomic E-state index is 0.0355. The first-order valence-corrected chi connectivity index (χ1v) is 7.90. The van der Waals surface area contributed by atoms with Crippen molar-refractivity contribution in [3.63, 3.8) is 0 Å². The van der Waals surface area contributed by atoms with Crippen LogP contribution in [-0.4, -0.2) is 8.42 Å². The van der Waals surface area contributed by atoms with Gasteiger partial charge in [-0.25, -0.2) is 13.6 Å². The Labute approximate surface area is 123 Å². The molecule has 0 aliphatic carbocycles. The van der Waals surface area contributed by atoms with Gasteiger partial charge in [0.05, 0.1) is 15.6 Å². The lowest BCUT2D eigenvalue weighted by atomic mass is 10.1. The van der Waals surface area contributed by atoms with Gasteiger partial charge in [0.25, 0.3) is 0 Å². The molecule has 3 N–H and O–H groups in total. The van der Waals surface area contributed by atoms with E-state index in [4.69, 9.17) is 16.7 Å². The van der Waals surface area contributed by atoms with Gasteiger partial charge in [-0.2, -0.15) is 0 Å². The SMILES string of the molecule is Cc1ccc(CNc2cc(S(N)(=O)=O)ccc2Cl)cc1. The smallest absolute Gasteiger partial charge is 0.238 e. The third-order valence-corrected chi connectivity index (χ3v) is 4.11. The number of nitrogens with one attached hydrogen (secondary N) is 1. The highest BCUT2D eigenvalue weighted by atomic mass is 35.5. The molecule has 0 heterocycles. The van der Waals surface area contributed by atoms with E-state index in [0.717, 1.165) is 5.56 Å². The summed E-state index contributed by atoms with van der Waals surface area (Å²) in [6.45, 7) is 2.57. The number of aryl methyl sites for hydroxylation is 1. The highest BCUT2D eigenvalue weighted by Gasteiger charge is 2.10. The number of rotatable bonds is 4. The van der Waals surface area contributed by atoms with E-state index in [1.54, 1.807) is 0 Å². The summed E-state index contributed by atoms with van der Waals surface area (Å²) in [6, 6.07) is 12.4. The molecule has 4 nitrogen and oxygen atoms in total. The molecular weight excluding hydrogens is 296 g/mol. The molecule has 0 aliphatic rings. The second-order valence-corrected chi connectivity index (χ2v) is 6.49. The number of sulfonamides is 1. The van der Waals surface area contributed by atoms with E-state index in [9.17, 15) is 8.42 Å². The van der Waals surface area contributed by atoms with Gasteiger partial charge in [-0.15, -0.1) is 0 Å². The number of halogens is 1. The van der Waals surface area contributed by atoms with Crippen LogP contribution in [0.25, 0.3) is 0 Å². The van der Waals surface area contributed by atoms with Crippen molar-refractivity contribution < 1.29 is 8.42 Å². The second-order valence-electron chi connectivity index (χ2n) is 4.53. The maximum absolute atomic E-state index is 11.3. The average Bonchev–Trinajstić information content (AvgIpc) is 2.38. The fraction of sp³-hybridized carbons (Fsp3) is 0.143. The Morgan fingerprint density at radius 2 is 1.80 bits per heavy atom. The zero-order chi connectivity index (χ0) is 14.8. The Bertz CT molecular complexity index is 712. The molecule has 2 rings (SSSR count). The van der Waals surface area contributed by atoms with E-state index in [0.29, 0.717) is 17.3 Å². The van der Waals surface area contributed by atoms with Crippen molar-refractivity contribution in [2.45, 2.75) is 18.4 Å². The summed E-state index contributed by atoms with van der Waals surface area (Å²) in [5, 5.41) is 8.66. The predicted octanol–water partition coefficient (Wildman–Crippen LogP) is 2.91. The van der Waals surface area contributed by atoms with Gasteiger partial charge < -0.3 is 5.32 Å². The minimum Gasteiger partial charge on any atom is -0.380 e. The Morgan fingerprint density at radius 3 is 2.40 bits per heavy atom. The molecule has 0 aromatic heterocycles. The number of primary sulfonamides is 1. The van der Waals surface area contributed by atoms with Crippen molar-refractivity contribution >= 4 is 27.3 Å². The molecule has 20 heavy (non-hydrogen) atoms. The van der Waals surface area contributed by atoms with Crippen LogP contribution in [0.3, 0.4) is 0 Å². The van der Waals surface area contributed by atoms with Crippen LogP contribution in [0, 0.1) is 6.92 Å². The Kier molecular flexibility index (Phi) is 4.32. The topological polar surface area (TPSA) is 72.2 Å². The van der Waals surface area contributed by atoms with Crippen LogP contribution in [0.4, 0.5) is 5.69 Å². The molecule has 106 valence electrons. The number of hydrogen-bond donors (Lipinski definition) is 2. The molecule has 0 saturated carbocycles.